The van der Waals surface area contributed by atoms with Crippen LogP contribution in [-0.2, 0) is 22.6 Å². The van der Waals surface area contributed by atoms with Crippen LogP contribution in [0.15, 0.2) is 53.3 Å². The number of para-hydroxylation sites is 1. The van der Waals surface area contributed by atoms with Crippen LogP contribution in [0.4, 0.5) is 30.2 Å². The van der Waals surface area contributed by atoms with Gasteiger partial charge in [-0.3, -0.25) is 19.0 Å². The monoisotopic (exact) mass is 570 g/mol. The molecule has 0 spiro atoms. The molecular weight excluding hydrogens is 545 g/mol. The predicted molar refractivity (Wildman–Crippen MR) is 147 cm³/mol. The minimum Gasteiger partial charge on any atom is -0.362 e. The highest BCUT2D eigenvalue weighted by Gasteiger charge is 2.29. The molecule has 0 saturated heterocycles. The molecule has 0 aliphatic carbocycles. The minimum atomic E-state index is -4.65. The van der Waals surface area contributed by atoms with E-state index in [0.29, 0.717) is 11.4 Å². The Kier molecular flexibility index (Phi) is 8.59. The Hall–Kier alpha value is -4.57. The summed E-state index contributed by atoms with van der Waals surface area (Å²) in [5.74, 6) is -1.40. The van der Waals surface area contributed by atoms with Gasteiger partial charge >= 0.3 is 6.18 Å². The number of thiazole rings is 1. The number of hydrogen-bond acceptors (Lipinski definition) is 7. The third kappa shape index (κ3) is 6.70. The van der Waals surface area contributed by atoms with Crippen LogP contribution in [0.2, 0.25) is 0 Å². The van der Waals surface area contributed by atoms with Crippen molar-refractivity contribution in [2.75, 3.05) is 35.2 Å². The van der Waals surface area contributed by atoms with E-state index in [0.717, 1.165) is 34.6 Å². The number of carbonyl (C=O) groups is 2. The molecule has 13 heteroatoms. The lowest BCUT2D eigenvalue weighted by Gasteiger charge is -2.18. The van der Waals surface area contributed by atoms with E-state index >= 15 is 0 Å². The van der Waals surface area contributed by atoms with Crippen molar-refractivity contribution in [2.45, 2.75) is 26.1 Å². The molecule has 0 unspecified atom stereocenters. The SMILES string of the molecule is CCn1c(=O)/c(=C\Nc2cccc(NC(=O)CN3CCc4ccccc43)c2)s/c1=C(/C#N)C(=O)NCC(F)(F)F. The maximum Gasteiger partial charge on any atom is 0.405 e. The Morgan fingerprint density at radius 1 is 1.15 bits per heavy atom. The van der Waals surface area contributed by atoms with Gasteiger partial charge in [0.2, 0.25) is 5.91 Å². The molecule has 2 aromatic carbocycles. The summed E-state index contributed by atoms with van der Waals surface area (Å²) in [6, 6.07) is 16.4. The molecule has 3 N–H and O–H groups in total. The van der Waals surface area contributed by atoms with E-state index < -0.39 is 29.8 Å². The number of rotatable bonds is 8. The first-order chi connectivity index (χ1) is 19.1. The second kappa shape index (κ2) is 12.1. The Morgan fingerprint density at radius 2 is 1.90 bits per heavy atom. The summed E-state index contributed by atoms with van der Waals surface area (Å²) in [7, 11) is 0. The third-order valence-corrected chi connectivity index (χ3v) is 7.19. The number of carbonyl (C=O) groups excluding carboxylic acids is 2. The van der Waals surface area contributed by atoms with E-state index in [9.17, 15) is 32.8 Å². The van der Waals surface area contributed by atoms with E-state index in [4.69, 9.17) is 0 Å². The van der Waals surface area contributed by atoms with Crippen LogP contribution >= 0.6 is 11.3 Å². The zero-order valence-electron chi connectivity index (χ0n) is 21.3. The first-order valence-corrected chi connectivity index (χ1v) is 13.1. The van der Waals surface area contributed by atoms with Gasteiger partial charge in [-0.1, -0.05) is 24.3 Å². The van der Waals surface area contributed by atoms with Crippen LogP contribution in [0.25, 0.3) is 11.8 Å². The van der Waals surface area contributed by atoms with Crippen molar-refractivity contribution in [3.63, 3.8) is 0 Å². The number of amides is 2. The maximum absolute atomic E-state index is 12.9. The number of anilines is 3. The summed E-state index contributed by atoms with van der Waals surface area (Å²) in [5, 5.41) is 16.9. The zero-order chi connectivity index (χ0) is 28.9. The number of fused-ring (bicyclic) bond motifs is 1. The highest BCUT2D eigenvalue weighted by atomic mass is 32.1. The first kappa shape index (κ1) is 28.4. The Balaban J connectivity index is 1.50. The smallest absolute Gasteiger partial charge is 0.362 e. The molecule has 1 aliphatic heterocycles. The number of nitrogens with one attached hydrogen (secondary N) is 3. The molecule has 9 nitrogen and oxygen atoms in total. The Morgan fingerprint density at radius 3 is 2.62 bits per heavy atom. The lowest BCUT2D eigenvalue weighted by atomic mass is 10.2. The van der Waals surface area contributed by atoms with E-state index in [1.807, 2.05) is 29.2 Å². The molecule has 0 radical (unpaired) electrons. The highest BCUT2D eigenvalue weighted by Crippen LogP contribution is 2.27. The maximum atomic E-state index is 12.9. The molecule has 0 atom stereocenters. The zero-order valence-corrected chi connectivity index (χ0v) is 22.2. The van der Waals surface area contributed by atoms with Gasteiger partial charge in [-0.05, 0) is 43.2 Å². The van der Waals surface area contributed by atoms with E-state index in [1.165, 1.54) is 11.8 Å². The normalized spacial score (nSPS) is 13.9. The number of benzene rings is 2. The molecule has 40 heavy (non-hydrogen) atoms. The van der Waals surface area contributed by atoms with Gasteiger partial charge in [-0.25, -0.2) is 0 Å². The van der Waals surface area contributed by atoms with Gasteiger partial charge < -0.3 is 20.9 Å². The molecule has 2 amide bonds. The van der Waals surface area contributed by atoms with Crippen molar-refractivity contribution in [3.8, 4) is 6.07 Å². The van der Waals surface area contributed by atoms with Gasteiger partial charge in [0.05, 0.1) is 6.54 Å². The minimum absolute atomic E-state index is 0.0489. The van der Waals surface area contributed by atoms with E-state index in [2.05, 4.69) is 10.6 Å². The fraction of sp³-hybridized carbons (Fsp3) is 0.259. The van der Waals surface area contributed by atoms with Gasteiger partial charge in [-0.15, -0.1) is 11.3 Å². The van der Waals surface area contributed by atoms with Crippen LogP contribution in [0.1, 0.15) is 12.5 Å². The number of nitrogens with zero attached hydrogens (tertiary/aromatic N) is 3. The molecule has 4 rings (SSSR count). The fourth-order valence-corrected chi connectivity index (χ4v) is 5.32. The quantitative estimate of drug-likeness (QED) is 0.382. The molecule has 1 aromatic heterocycles. The topological polar surface area (TPSA) is 119 Å². The number of halogens is 3. The number of alkyl halides is 3. The molecule has 0 fully saturated rings. The number of hydrogen-bond donors (Lipinski definition) is 3. The van der Waals surface area contributed by atoms with Crippen molar-refractivity contribution >= 4 is 52.0 Å². The first-order valence-electron chi connectivity index (χ1n) is 12.3. The molecule has 0 saturated carbocycles. The molecule has 0 bridgehead atoms. The lowest BCUT2D eigenvalue weighted by Crippen LogP contribution is -2.37. The van der Waals surface area contributed by atoms with Crippen LogP contribution in [-0.4, -0.2) is 42.2 Å². The molecule has 3 aromatic rings. The van der Waals surface area contributed by atoms with Crippen molar-refractivity contribution in [2.24, 2.45) is 0 Å². The summed E-state index contributed by atoms with van der Waals surface area (Å²) in [6.45, 7) is 1.07. The summed E-state index contributed by atoms with van der Waals surface area (Å²) in [5.41, 5.74) is 2.24. The number of nitriles is 1. The summed E-state index contributed by atoms with van der Waals surface area (Å²) in [6.07, 6.45) is -2.38. The van der Waals surface area contributed by atoms with Crippen molar-refractivity contribution in [1.29, 1.82) is 5.26 Å². The molecule has 2 heterocycles. The van der Waals surface area contributed by atoms with Crippen LogP contribution < -0.4 is 35.6 Å². The fourth-order valence-electron chi connectivity index (χ4n) is 4.24. The molecular formula is C27H25F3N6O3S. The van der Waals surface area contributed by atoms with Gasteiger partial charge in [0.15, 0.2) is 5.57 Å². The average Bonchev–Trinajstić information content (AvgIpc) is 3.46. The van der Waals surface area contributed by atoms with E-state index in [1.54, 1.807) is 42.6 Å². The Bertz CT molecular complexity index is 1650. The lowest BCUT2D eigenvalue weighted by molar-refractivity contribution is -0.135. The van der Waals surface area contributed by atoms with Gasteiger partial charge in [0.1, 0.15) is 21.8 Å². The second-order valence-corrected chi connectivity index (χ2v) is 9.85. The third-order valence-electron chi connectivity index (χ3n) is 6.06. The Labute approximate surface area is 230 Å². The highest BCUT2D eigenvalue weighted by molar-refractivity contribution is 7.07. The van der Waals surface area contributed by atoms with Crippen LogP contribution in [0.5, 0.6) is 0 Å². The van der Waals surface area contributed by atoms with Crippen molar-refractivity contribution < 1.29 is 22.8 Å². The number of aromatic nitrogens is 1. The summed E-state index contributed by atoms with van der Waals surface area (Å²) < 4.78 is 38.8. The second-order valence-electron chi connectivity index (χ2n) is 8.82. The van der Waals surface area contributed by atoms with Crippen molar-refractivity contribution in [3.05, 3.63) is 73.6 Å². The average molecular weight is 571 g/mol. The van der Waals surface area contributed by atoms with Gasteiger partial charge in [0.25, 0.3) is 11.5 Å². The predicted octanol–water partition coefficient (Wildman–Crippen LogP) is 2.13. The molecule has 1 aliphatic rings. The molecule has 208 valence electrons. The van der Waals surface area contributed by atoms with Crippen molar-refractivity contribution in [1.82, 2.24) is 9.88 Å². The summed E-state index contributed by atoms with van der Waals surface area (Å²) >= 11 is 0.807. The largest absolute Gasteiger partial charge is 0.405 e. The van der Waals surface area contributed by atoms with Gasteiger partial charge in [-0.2, -0.15) is 18.4 Å². The van der Waals surface area contributed by atoms with Crippen LogP contribution in [0.3, 0.4) is 0 Å². The standard InChI is InChI=1S/C27H25F3N6O3S/c1-2-36-25(39)22(40-26(36)20(13-31)24(38)33-16-27(28,29)30)14-32-18-7-5-8-19(12-18)34-23(37)15-35-11-10-17-6-3-4-9-21(17)35/h3-9,12,14,32H,2,10-11,15-16H2,1H3,(H,33,38)(H,34,37)/b22-14+,26-20-. The van der Waals surface area contributed by atoms with Crippen LogP contribution in [0, 0.1) is 11.3 Å². The summed E-state index contributed by atoms with van der Waals surface area (Å²) in [4.78, 5) is 39.8. The van der Waals surface area contributed by atoms with Gasteiger partial charge in [0, 0.05) is 36.4 Å². The van der Waals surface area contributed by atoms with E-state index in [-0.39, 0.29) is 28.2 Å².